The van der Waals surface area contributed by atoms with Crippen LogP contribution in [-0.2, 0) is 9.53 Å². The van der Waals surface area contributed by atoms with Gasteiger partial charge in [0.25, 0.3) is 5.91 Å². The van der Waals surface area contributed by atoms with Crippen LogP contribution in [0.5, 0.6) is 0 Å². The largest absolute Gasteiger partial charge is 0.395 e. The van der Waals surface area contributed by atoms with Crippen molar-refractivity contribution >= 4 is 23.2 Å². The highest BCUT2D eigenvalue weighted by molar-refractivity contribution is 5.95. The summed E-state index contributed by atoms with van der Waals surface area (Å²) in [7, 11) is 1.73. The van der Waals surface area contributed by atoms with Crippen molar-refractivity contribution in [2.24, 2.45) is 11.8 Å². The fourth-order valence-electron chi connectivity index (χ4n) is 6.42. The molecule has 198 valence electrons. The second kappa shape index (κ2) is 11.5. The maximum absolute atomic E-state index is 14.1. The molecule has 0 bridgehead atoms. The lowest BCUT2D eigenvalue weighted by Crippen LogP contribution is -2.50. The van der Waals surface area contributed by atoms with Gasteiger partial charge in [-0.2, -0.15) is 0 Å². The Kier molecular flexibility index (Phi) is 7.96. The molecule has 8 heteroatoms. The maximum atomic E-state index is 14.1. The number of para-hydroxylation sites is 1. The lowest BCUT2D eigenvalue weighted by atomic mass is 9.81. The molecule has 0 aromatic heterocycles. The number of nitrogens with one attached hydrogen (secondary N) is 3. The van der Waals surface area contributed by atoms with E-state index in [1.165, 1.54) is 5.56 Å². The highest BCUT2D eigenvalue weighted by Gasteiger charge is 2.48. The number of hydrogen-bond donors (Lipinski definition) is 4. The van der Waals surface area contributed by atoms with Crippen LogP contribution in [0.3, 0.4) is 0 Å². The molecular weight excluding hydrogens is 468 g/mol. The summed E-state index contributed by atoms with van der Waals surface area (Å²) in [6.45, 7) is 1.84. The molecule has 5 rings (SSSR count). The van der Waals surface area contributed by atoms with Crippen LogP contribution >= 0.6 is 0 Å². The summed E-state index contributed by atoms with van der Waals surface area (Å²) >= 11 is 0. The Morgan fingerprint density at radius 1 is 1.08 bits per heavy atom. The van der Waals surface area contributed by atoms with Gasteiger partial charge in [-0.1, -0.05) is 31.0 Å². The van der Waals surface area contributed by atoms with E-state index in [1.807, 2.05) is 24.3 Å². The first-order chi connectivity index (χ1) is 18.1. The number of carbonyl (C=O) groups excluding carboxylic acids is 2. The number of ether oxygens (including phenoxy) is 1. The Labute approximate surface area is 218 Å². The zero-order valence-electron chi connectivity index (χ0n) is 21.5. The number of hydrogen-bond acceptors (Lipinski definition) is 6. The normalized spacial score (nSPS) is 26.5. The Balaban J connectivity index is 1.32. The van der Waals surface area contributed by atoms with Crippen molar-refractivity contribution in [1.82, 2.24) is 10.2 Å². The zero-order valence-corrected chi connectivity index (χ0v) is 21.5. The number of aliphatic hydroxyl groups excluding tert-OH is 1. The van der Waals surface area contributed by atoms with E-state index in [0.29, 0.717) is 24.6 Å². The van der Waals surface area contributed by atoms with Crippen LogP contribution in [0.4, 0.5) is 11.4 Å². The van der Waals surface area contributed by atoms with Gasteiger partial charge in [-0.3, -0.25) is 9.59 Å². The zero-order chi connectivity index (χ0) is 25.8. The highest BCUT2D eigenvalue weighted by Crippen LogP contribution is 2.47. The molecule has 5 atom stereocenters. The third-order valence-corrected chi connectivity index (χ3v) is 8.20. The number of nitrogens with zero attached hydrogens (tertiary/aromatic N) is 1. The molecule has 3 aliphatic rings. The molecule has 37 heavy (non-hydrogen) atoms. The minimum atomic E-state index is -0.218. The van der Waals surface area contributed by atoms with Crippen LogP contribution in [0.25, 0.3) is 0 Å². The first-order valence-electron chi connectivity index (χ1n) is 13.5. The summed E-state index contributed by atoms with van der Waals surface area (Å²) in [4.78, 5) is 29.3. The number of carbonyl (C=O) groups is 2. The fourth-order valence-corrected chi connectivity index (χ4v) is 6.42. The maximum Gasteiger partial charge on any atom is 0.251 e. The summed E-state index contributed by atoms with van der Waals surface area (Å²) in [6.07, 6.45) is 4.55. The number of rotatable bonds is 8. The van der Waals surface area contributed by atoms with Crippen molar-refractivity contribution in [2.45, 2.75) is 50.2 Å². The molecule has 2 heterocycles. The molecule has 1 saturated carbocycles. The molecule has 2 aliphatic heterocycles. The number of methoxy groups -OCH3 is 1. The number of likely N-dealkylation sites (tertiary alicyclic amines) is 1. The van der Waals surface area contributed by atoms with Crippen molar-refractivity contribution < 1.29 is 19.4 Å². The molecule has 2 fully saturated rings. The van der Waals surface area contributed by atoms with E-state index in [2.05, 4.69) is 33.0 Å². The first kappa shape index (κ1) is 25.5. The van der Waals surface area contributed by atoms with Gasteiger partial charge in [0.1, 0.15) is 0 Å². The van der Waals surface area contributed by atoms with Gasteiger partial charge < -0.3 is 30.7 Å². The van der Waals surface area contributed by atoms with Gasteiger partial charge in [-0.15, -0.1) is 0 Å². The first-order valence-corrected chi connectivity index (χ1v) is 13.5. The van der Waals surface area contributed by atoms with E-state index in [-0.39, 0.29) is 42.5 Å². The molecule has 1 aliphatic carbocycles. The van der Waals surface area contributed by atoms with Crippen LogP contribution in [0, 0.1) is 11.8 Å². The number of aliphatic hydroxyl groups is 1. The van der Waals surface area contributed by atoms with E-state index in [0.717, 1.165) is 50.0 Å². The number of benzene rings is 2. The molecular formula is C29H38N4O4. The topological polar surface area (TPSA) is 103 Å². The van der Waals surface area contributed by atoms with Crippen LogP contribution < -0.4 is 16.0 Å². The predicted molar refractivity (Wildman–Crippen MR) is 144 cm³/mol. The summed E-state index contributed by atoms with van der Waals surface area (Å²) in [5, 5.41) is 18.9. The summed E-state index contributed by atoms with van der Waals surface area (Å²) in [5.41, 5.74) is 3.68. The third-order valence-electron chi connectivity index (χ3n) is 8.20. The summed E-state index contributed by atoms with van der Waals surface area (Å²) in [6, 6.07) is 15.5. The SMILES string of the molecule is COC[C@@H]1Nc2ccccc2[C@H]2[C@@H]1CCN2C(=O)[C@H]1CCCC[C@H]1NC(=O)c1ccc(NCCO)cc1. The molecule has 0 radical (unpaired) electrons. The molecule has 0 spiro atoms. The highest BCUT2D eigenvalue weighted by atomic mass is 16.5. The van der Waals surface area contributed by atoms with Gasteiger partial charge in [-0.25, -0.2) is 0 Å². The quantitative estimate of drug-likeness (QED) is 0.438. The van der Waals surface area contributed by atoms with Crippen molar-refractivity contribution in [3.63, 3.8) is 0 Å². The van der Waals surface area contributed by atoms with Crippen LogP contribution in [0.15, 0.2) is 48.5 Å². The van der Waals surface area contributed by atoms with Gasteiger partial charge in [-0.05, 0) is 55.2 Å². The Bertz CT molecular complexity index is 1090. The molecule has 1 saturated heterocycles. The monoisotopic (exact) mass is 506 g/mol. The van der Waals surface area contributed by atoms with E-state index in [4.69, 9.17) is 9.84 Å². The van der Waals surface area contributed by atoms with Crippen molar-refractivity contribution in [3.05, 3.63) is 59.7 Å². The van der Waals surface area contributed by atoms with Gasteiger partial charge in [0.15, 0.2) is 0 Å². The third kappa shape index (κ3) is 5.31. The van der Waals surface area contributed by atoms with Crippen molar-refractivity contribution in [2.75, 3.05) is 44.0 Å². The minimum Gasteiger partial charge on any atom is -0.395 e. The van der Waals surface area contributed by atoms with E-state index < -0.39 is 0 Å². The Morgan fingerprint density at radius 3 is 2.65 bits per heavy atom. The van der Waals surface area contributed by atoms with Gasteiger partial charge in [0.2, 0.25) is 5.91 Å². The van der Waals surface area contributed by atoms with Crippen LogP contribution in [0.2, 0.25) is 0 Å². The van der Waals surface area contributed by atoms with E-state index >= 15 is 0 Å². The van der Waals surface area contributed by atoms with E-state index in [1.54, 1.807) is 19.2 Å². The average molecular weight is 507 g/mol. The lowest BCUT2D eigenvalue weighted by molar-refractivity contribution is -0.139. The number of amides is 2. The van der Waals surface area contributed by atoms with Crippen LogP contribution in [0.1, 0.15) is 54.1 Å². The predicted octanol–water partition coefficient (Wildman–Crippen LogP) is 3.41. The fraction of sp³-hybridized carbons (Fsp3) is 0.517. The standard InChI is InChI=1S/C29H38N4O4/c1-37-18-26-22-14-16-33(27(22)21-6-2-4-8-24(21)31-26)29(36)23-7-3-5-9-25(23)32-28(35)19-10-12-20(13-11-19)30-15-17-34/h2,4,6,8,10-13,22-23,25-27,30-31,34H,3,5,7,9,14-18H2,1H3,(H,32,35)/t22-,23+,25-,26+,27+/m1/s1. The van der Waals surface area contributed by atoms with Gasteiger partial charge >= 0.3 is 0 Å². The molecule has 4 N–H and O–H groups in total. The Hall–Kier alpha value is -3.10. The summed E-state index contributed by atoms with van der Waals surface area (Å²) in [5.74, 6) is 0.0947. The molecule has 8 nitrogen and oxygen atoms in total. The molecule has 2 amide bonds. The second-order valence-corrected chi connectivity index (χ2v) is 10.4. The smallest absolute Gasteiger partial charge is 0.251 e. The Morgan fingerprint density at radius 2 is 1.86 bits per heavy atom. The molecule has 2 aromatic carbocycles. The van der Waals surface area contributed by atoms with Gasteiger partial charge in [0.05, 0.1) is 31.2 Å². The minimum absolute atomic E-state index is 0.0299. The van der Waals surface area contributed by atoms with Crippen molar-refractivity contribution in [1.29, 1.82) is 0 Å². The molecule has 2 aromatic rings. The molecule has 0 unspecified atom stereocenters. The van der Waals surface area contributed by atoms with E-state index in [9.17, 15) is 9.59 Å². The van der Waals surface area contributed by atoms with Crippen molar-refractivity contribution in [3.8, 4) is 0 Å². The second-order valence-electron chi connectivity index (χ2n) is 10.4. The average Bonchev–Trinajstić information content (AvgIpc) is 3.38. The number of fused-ring (bicyclic) bond motifs is 3. The lowest BCUT2D eigenvalue weighted by Gasteiger charge is -2.41. The van der Waals surface area contributed by atoms with Gasteiger partial charge in [0, 0.05) is 49.1 Å². The number of anilines is 2. The summed E-state index contributed by atoms with van der Waals surface area (Å²) < 4.78 is 5.52. The van der Waals surface area contributed by atoms with Crippen LogP contribution in [-0.4, -0.2) is 67.3 Å².